The number of hydrogen-bond donors (Lipinski definition) is 1. The molecule has 0 saturated heterocycles. The van der Waals surface area contributed by atoms with Crippen LogP contribution in [0, 0.1) is 11.3 Å². The summed E-state index contributed by atoms with van der Waals surface area (Å²) in [5, 5.41) is 13.5. The number of nitriles is 1. The maximum absolute atomic E-state index is 9.06. The van der Waals surface area contributed by atoms with Gasteiger partial charge in [0, 0.05) is 26.6 Å². The van der Waals surface area contributed by atoms with Crippen LogP contribution in [-0.4, -0.2) is 0 Å². The van der Waals surface area contributed by atoms with Gasteiger partial charge in [0.05, 0.1) is 11.3 Å². The molecule has 0 saturated carbocycles. The zero-order valence-electron chi connectivity index (χ0n) is 9.75. The van der Waals surface area contributed by atoms with Gasteiger partial charge in [-0.3, -0.25) is 0 Å². The SMILES string of the molecule is N#Cc1ccc(Br)cc1NCc1c(Cl)cccc1Cl. The van der Waals surface area contributed by atoms with Gasteiger partial charge in [0.15, 0.2) is 0 Å². The molecule has 1 N–H and O–H groups in total. The van der Waals surface area contributed by atoms with E-state index in [4.69, 9.17) is 28.5 Å². The molecular formula is C14H9BrCl2N2. The molecule has 0 aliphatic rings. The monoisotopic (exact) mass is 354 g/mol. The molecular weight excluding hydrogens is 347 g/mol. The van der Waals surface area contributed by atoms with Gasteiger partial charge in [0.2, 0.25) is 0 Å². The third-order valence-electron chi connectivity index (χ3n) is 2.62. The van der Waals surface area contributed by atoms with Crippen LogP contribution in [0.25, 0.3) is 0 Å². The van der Waals surface area contributed by atoms with E-state index in [0.29, 0.717) is 22.2 Å². The van der Waals surface area contributed by atoms with Gasteiger partial charge in [-0.1, -0.05) is 45.2 Å². The summed E-state index contributed by atoms with van der Waals surface area (Å²) >= 11 is 15.6. The molecule has 2 rings (SSSR count). The first-order valence-corrected chi connectivity index (χ1v) is 7.03. The van der Waals surface area contributed by atoms with Gasteiger partial charge >= 0.3 is 0 Å². The zero-order valence-corrected chi connectivity index (χ0v) is 12.9. The highest BCUT2D eigenvalue weighted by Crippen LogP contribution is 2.27. The molecule has 5 heteroatoms. The minimum atomic E-state index is 0.462. The van der Waals surface area contributed by atoms with Crippen molar-refractivity contribution in [3.8, 4) is 6.07 Å². The average Bonchev–Trinajstić information content (AvgIpc) is 2.38. The van der Waals surface area contributed by atoms with E-state index in [1.807, 2.05) is 12.1 Å². The zero-order chi connectivity index (χ0) is 13.8. The molecule has 0 bridgehead atoms. The summed E-state index contributed by atoms with van der Waals surface area (Å²) in [6.45, 7) is 0.462. The molecule has 2 aromatic rings. The van der Waals surface area contributed by atoms with E-state index in [1.54, 1.807) is 24.3 Å². The second kappa shape index (κ2) is 6.29. The second-order valence-corrected chi connectivity index (χ2v) is 5.59. The summed E-state index contributed by atoms with van der Waals surface area (Å²) in [5.74, 6) is 0. The molecule has 0 fully saturated rings. The van der Waals surface area contributed by atoms with Gasteiger partial charge in [-0.15, -0.1) is 0 Å². The first kappa shape index (κ1) is 14.2. The molecule has 0 aromatic heterocycles. The van der Waals surface area contributed by atoms with Crippen molar-refractivity contribution in [3.05, 3.63) is 62.0 Å². The first-order chi connectivity index (χ1) is 9.11. The molecule has 0 heterocycles. The maximum atomic E-state index is 9.06. The number of nitrogens with one attached hydrogen (secondary N) is 1. The second-order valence-electron chi connectivity index (χ2n) is 3.86. The Balaban J connectivity index is 2.24. The van der Waals surface area contributed by atoms with Crippen molar-refractivity contribution in [3.63, 3.8) is 0 Å². The Bertz CT molecular complexity index is 630. The third-order valence-corrected chi connectivity index (χ3v) is 3.82. The Hall–Kier alpha value is -1.21. The van der Waals surface area contributed by atoms with Crippen LogP contribution in [0.15, 0.2) is 40.9 Å². The average molecular weight is 356 g/mol. The summed E-state index contributed by atoms with van der Waals surface area (Å²) in [6.07, 6.45) is 0. The van der Waals surface area contributed by atoms with E-state index in [2.05, 4.69) is 27.3 Å². The fraction of sp³-hybridized carbons (Fsp3) is 0.0714. The lowest BCUT2D eigenvalue weighted by atomic mass is 10.1. The predicted molar refractivity (Wildman–Crippen MR) is 82.6 cm³/mol. The fourth-order valence-corrected chi connectivity index (χ4v) is 2.54. The van der Waals surface area contributed by atoms with Crippen LogP contribution < -0.4 is 5.32 Å². The number of benzene rings is 2. The summed E-state index contributed by atoms with van der Waals surface area (Å²) in [4.78, 5) is 0. The van der Waals surface area contributed by atoms with Gasteiger partial charge in [0.1, 0.15) is 6.07 Å². The van der Waals surface area contributed by atoms with Gasteiger partial charge in [-0.05, 0) is 30.3 Å². The highest BCUT2D eigenvalue weighted by atomic mass is 79.9. The summed E-state index contributed by atoms with van der Waals surface area (Å²) in [5.41, 5.74) is 2.13. The normalized spacial score (nSPS) is 10.0. The van der Waals surface area contributed by atoms with Crippen LogP contribution >= 0.6 is 39.1 Å². The van der Waals surface area contributed by atoms with Crippen molar-refractivity contribution in [2.24, 2.45) is 0 Å². The van der Waals surface area contributed by atoms with Crippen molar-refractivity contribution in [1.29, 1.82) is 5.26 Å². The topological polar surface area (TPSA) is 35.8 Å². The number of anilines is 1. The summed E-state index contributed by atoms with van der Waals surface area (Å²) < 4.78 is 0.902. The number of nitrogens with zero attached hydrogens (tertiary/aromatic N) is 1. The van der Waals surface area contributed by atoms with Gasteiger partial charge in [-0.25, -0.2) is 0 Å². The van der Waals surface area contributed by atoms with E-state index >= 15 is 0 Å². The van der Waals surface area contributed by atoms with E-state index in [1.165, 1.54) is 0 Å². The van der Waals surface area contributed by atoms with Crippen molar-refractivity contribution in [2.45, 2.75) is 6.54 Å². The molecule has 96 valence electrons. The Morgan fingerprint density at radius 2 is 1.84 bits per heavy atom. The predicted octanol–water partition coefficient (Wildman–Crippen LogP) is 5.24. The molecule has 2 nitrogen and oxygen atoms in total. The smallest absolute Gasteiger partial charge is 0.101 e. The van der Waals surface area contributed by atoms with Crippen molar-refractivity contribution in [2.75, 3.05) is 5.32 Å². The van der Waals surface area contributed by atoms with Crippen LogP contribution in [0.4, 0.5) is 5.69 Å². The summed E-state index contributed by atoms with van der Waals surface area (Å²) in [7, 11) is 0. The number of rotatable bonds is 3. The van der Waals surface area contributed by atoms with E-state index in [-0.39, 0.29) is 0 Å². The highest BCUT2D eigenvalue weighted by Gasteiger charge is 2.07. The minimum Gasteiger partial charge on any atom is -0.380 e. The van der Waals surface area contributed by atoms with Gasteiger partial charge in [-0.2, -0.15) is 5.26 Å². The standard InChI is InChI=1S/C14H9BrCl2N2/c15-10-5-4-9(7-18)14(6-10)19-8-11-12(16)2-1-3-13(11)17/h1-6,19H,8H2. The molecule has 19 heavy (non-hydrogen) atoms. The minimum absolute atomic E-state index is 0.462. The lowest BCUT2D eigenvalue weighted by Gasteiger charge is -2.11. The van der Waals surface area contributed by atoms with Crippen LogP contribution in [0.1, 0.15) is 11.1 Å². The van der Waals surface area contributed by atoms with Crippen LogP contribution in [0.3, 0.4) is 0 Å². The van der Waals surface area contributed by atoms with E-state index in [9.17, 15) is 0 Å². The molecule has 0 aliphatic carbocycles. The Morgan fingerprint density at radius 1 is 1.16 bits per heavy atom. The lowest BCUT2D eigenvalue weighted by Crippen LogP contribution is -2.02. The van der Waals surface area contributed by atoms with Crippen molar-refractivity contribution < 1.29 is 0 Å². The maximum Gasteiger partial charge on any atom is 0.101 e. The molecule has 0 spiro atoms. The van der Waals surface area contributed by atoms with E-state index < -0.39 is 0 Å². The van der Waals surface area contributed by atoms with Gasteiger partial charge < -0.3 is 5.32 Å². The molecule has 0 unspecified atom stereocenters. The van der Waals surface area contributed by atoms with Crippen LogP contribution in [-0.2, 0) is 6.54 Å². The molecule has 2 aromatic carbocycles. The Labute approximate surface area is 130 Å². The third kappa shape index (κ3) is 3.42. The largest absolute Gasteiger partial charge is 0.380 e. The lowest BCUT2D eigenvalue weighted by molar-refractivity contribution is 1.14. The van der Waals surface area contributed by atoms with Crippen molar-refractivity contribution >= 4 is 44.8 Å². The quantitative estimate of drug-likeness (QED) is 0.817. The first-order valence-electron chi connectivity index (χ1n) is 5.48. The van der Waals surface area contributed by atoms with Gasteiger partial charge in [0.25, 0.3) is 0 Å². The number of halogens is 3. The Kier molecular flexibility index (Phi) is 4.71. The molecule has 0 amide bonds. The Morgan fingerprint density at radius 3 is 2.47 bits per heavy atom. The van der Waals surface area contributed by atoms with Crippen LogP contribution in [0.2, 0.25) is 10.0 Å². The van der Waals surface area contributed by atoms with Crippen LogP contribution in [0.5, 0.6) is 0 Å². The van der Waals surface area contributed by atoms with Crippen molar-refractivity contribution in [1.82, 2.24) is 0 Å². The number of hydrogen-bond acceptors (Lipinski definition) is 2. The molecule has 0 radical (unpaired) electrons. The highest BCUT2D eigenvalue weighted by molar-refractivity contribution is 9.10. The molecule has 0 aliphatic heterocycles. The fourth-order valence-electron chi connectivity index (χ4n) is 1.65. The van der Waals surface area contributed by atoms with E-state index in [0.717, 1.165) is 15.7 Å². The summed E-state index contributed by atoms with van der Waals surface area (Å²) in [6, 6.07) is 12.9. The molecule has 0 atom stereocenters.